The molecule has 266 valence electrons. The molecule has 7 N–H and O–H groups in total. The van der Waals surface area contributed by atoms with Gasteiger partial charge in [0.05, 0.1) is 0 Å². The van der Waals surface area contributed by atoms with Gasteiger partial charge in [-0.15, -0.1) is 23.5 Å². The number of nitrogens with two attached hydrogens (primary N) is 1. The molecular weight excluding hydrogens is 712 g/mol. The maximum Gasteiger partial charge on any atom is 0.325 e. The number of ether oxygens (including phenoxy) is 2. The third-order valence-electron chi connectivity index (χ3n) is 8.04. The van der Waals surface area contributed by atoms with E-state index in [1.54, 1.807) is 35.7 Å². The summed E-state index contributed by atoms with van der Waals surface area (Å²) in [4.78, 5) is 26.1. The predicted molar refractivity (Wildman–Crippen MR) is 199 cm³/mol. The first kappa shape index (κ1) is 37.3. The summed E-state index contributed by atoms with van der Waals surface area (Å²) < 4.78 is 10.9. The Balaban J connectivity index is 1.23. The van der Waals surface area contributed by atoms with Gasteiger partial charge in [0.25, 0.3) is 5.91 Å². The van der Waals surface area contributed by atoms with E-state index in [1.807, 2.05) is 36.4 Å². The Kier molecular flexibility index (Phi) is 13.4. The van der Waals surface area contributed by atoms with Gasteiger partial charge >= 0.3 is 5.97 Å². The predicted octanol–water partition coefficient (Wildman–Crippen LogP) is 4.50. The Bertz CT molecular complexity index is 1770. The second-order valence-corrected chi connectivity index (χ2v) is 13.9. The standard InChI is InChI=1S/C34H37ClN10O4S2/c35-23-7-3-22(4-8-23)33-41-24(19-50-33)20-51-34-27(16-37)30(26(15-36)31(42-34)45-11-1-2-12-45)21-5-9-25(10-6-21)48-13-14-49-29(46)18-40-32(47)28(17-38)43-44-39/h3-10,16-17,19,28,33-34,37-38,41-42H,1-2,11-14,18,20H2,(H2,39,43)(H,40,47)/t28-,33?,34?/m0/s1. The van der Waals surface area contributed by atoms with Crippen LogP contribution in [0.25, 0.3) is 5.57 Å². The number of carbonyl (C=O) groups excluding carboxylic acids is 2. The number of carbonyl (C=O) groups is 2. The van der Waals surface area contributed by atoms with E-state index in [4.69, 9.17) is 37.7 Å². The van der Waals surface area contributed by atoms with E-state index in [0.717, 1.165) is 54.8 Å². The van der Waals surface area contributed by atoms with Crippen molar-refractivity contribution in [3.63, 3.8) is 0 Å². The summed E-state index contributed by atoms with van der Waals surface area (Å²) in [5.74, 6) is 5.49. The molecule has 0 spiro atoms. The van der Waals surface area contributed by atoms with Crippen LogP contribution in [0.2, 0.25) is 5.02 Å². The van der Waals surface area contributed by atoms with E-state index in [9.17, 15) is 14.9 Å². The molecular formula is C34H37ClN10O4S2. The molecule has 1 saturated heterocycles. The number of esters is 1. The van der Waals surface area contributed by atoms with Gasteiger partial charge in [0, 0.05) is 53.1 Å². The lowest BCUT2D eigenvalue weighted by atomic mass is 9.91. The lowest BCUT2D eigenvalue weighted by Gasteiger charge is -2.35. The molecule has 0 radical (unpaired) electrons. The molecule has 3 aliphatic rings. The highest BCUT2D eigenvalue weighted by Gasteiger charge is 2.33. The van der Waals surface area contributed by atoms with Crippen molar-refractivity contribution in [2.75, 3.05) is 38.6 Å². The molecule has 2 unspecified atom stereocenters. The summed E-state index contributed by atoms with van der Waals surface area (Å²) in [6, 6.07) is 16.3. The fourth-order valence-corrected chi connectivity index (χ4v) is 7.86. The van der Waals surface area contributed by atoms with E-state index < -0.39 is 24.5 Å². The molecule has 14 nitrogen and oxygen atoms in total. The van der Waals surface area contributed by atoms with Crippen LogP contribution in [0.1, 0.15) is 29.3 Å². The SMILES string of the molecule is N#CC1=C(N2CCCC2)NC(SCC2=CSC(c3ccc(Cl)cc3)N2)C(C=N)=C1c1ccc(OCCOC(=O)CNC(=O)[C@H](C=N)N=NN)cc1. The lowest BCUT2D eigenvalue weighted by Crippen LogP contribution is -2.41. The number of hydrogen-bond donors (Lipinski definition) is 6. The van der Waals surface area contributed by atoms with Gasteiger partial charge in [-0.3, -0.25) is 9.59 Å². The first-order chi connectivity index (χ1) is 24.8. The van der Waals surface area contributed by atoms with Gasteiger partial charge in [0.15, 0.2) is 6.04 Å². The average Bonchev–Trinajstić information content (AvgIpc) is 3.87. The molecule has 1 amide bonds. The molecule has 2 aromatic carbocycles. The fourth-order valence-electron chi connectivity index (χ4n) is 5.57. The van der Waals surface area contributed by atoms with Crippen LogP contribution in [-0.4, -0.2) is 79.2 Å². The van der Waals surface area contributed by atoms with Crippen molar-refractivity contribution in [2.45, 2.75) is 29.6 Å². The van der Waals surface area contributed by atoms with Crippen LogP contribution >= 0.6 is 35.1 Å². The molecule has 3 heterocycles. The number of nitriles is 1. The van der Waals surface area contributed by atoms with Crippen LogP contribution in [0.4, 0.5) is 0 Å². The number of halogens is 1. The number of amides is 1. The molecule has 0 saturated carbocycles. The van der Waals surface area contributed by atoms with Crippen LogP contribution in [0, 0.1) is 22.1 Å². The third kappa shape index (κ3) is 9.63. The normalized spacial score (nSPS) is 19.1. The van der Waals surface area contributed by atoms with Crippen molar-refractivity contribution in [3.05, 3.63) is 92.8 Å². The second-order valence-electron chi connectivity index (χ2n) is 11.3. The van der Waals surface area contributed by atoms with Crippen molar-refractivity contribution >= 4 is 65.0 Å². The zero-order valence-electron chi connectivity index (χ0n) is 27.4. The van der Waals surface area contributed by atoms with Crippen molar-refractivity contribution in [3.8, 4) is 11.8 Å². The van der Waals surface area contributed by atoms with Crippen LogP contribution < -0.4 is 26.5 Å². The number of nitrogens with one attached hydrogen (secondary N) is 5. The second kappa shape index (κ2) is 18.3. The van der Waals surface area contributed by atoms with Crippen LogP contribution in [0.5, 0.6) is 5.75 Å². The molecule has 3 atom stereocenters. The van der Waals surface area contributed by atoms with E-state index in [0.29, 0.717) is 33.2 Å². The molecule has 17 heteroatoms. The van der Waals surface area contributed by atoms with Crippen LogP contribution in [0.15, 0.2) is 86.9 Å². The Labute approximate surface area is 308 Å². The molecule has 51 heavy (non-hydrogen) atoms. The molecule has 0 aliphatic carbocycles. The maximum atomic E-state index is 12.0. The molecule has 0 bridgehead atoms. The molecule has 3 aliphatic heterocycles. The van der Waals surface area contributed by atoms with Gasteiger partial charge in [-0.25, -0.2) is 0 Å². The molecule has 5 rings (SSSR count). The number of likely N-dealkylation sites (tertiary alicyclic amines) is 1. The minimum atomic E-state index is -1.22. The van der Waals surface area contributed by atoms with Gasteiger partial charge in [-0.2, -0.15) is 10.4 Å². The fraction of sp³-hybridized carbons (Fsp3) is 0.324. The van der Waals surface area contributed by atoms with Crippen molar-refractivity contribution in [1.82, 2.24) is 20.9 Å². The maximum absolute atomic E-state index is 12.0. The Morgan fingerprint density at radius 1 is 1.16 bits per heavy atom. The van der Waals surface area contributed by atoms with E-state index in [2.05, 4.69) is 42.7 Å². The molecule has 0 aromatic heterocycles. The van der Waals surface area contributed by atoms with E-state index in [-0.39, 0.29) is 24.0 Å². The summed E-state index contributed by atoms with van der Waals surface area (Å²) >= 11 is 9.45. The smallest absolute Gasteiger partial charge is 0.325 e. The van der Waals surface area contributed by atoms with Crippen molar-refractivity contribution in [1.29, 1.82) is 16.1 Å². The average molecular weight is 749 g/mol. The molecule has 1 fully saturated rings. The Hall–Kier alpha value is -4.98. The van der Waals surface area contributed by atoms with Crippen LogP contribution in [0.3, 0.4) is 0 Å². The van der Waals surface area contributed by atoms with Crippen LogP contribution in [-0.2, 0) is 14.3 Å². The summed E-state index contributed by atoms with van der Waals surface area (Å²) in [6.07, 6.45) is 4.16. The zero-order chi connectivity index (χ0) is 36.2. The van der Waals surface area contributed by atoms with Gasteiger partial charge in [0.1, 0.15) is 53.7 Å². The summed E-state index contributed by atoms with van der Waals surface area (Å²) in [5.41, 5.74) is 4.89. The van der Waals surface area contributed by atoms with Gasteiger partial charge in [0.2, 0.25) is 0 Å². The number of allylic oxidation sites excluding steroid dienone is 2. The quantitative estimate of drug-likeness (QED) is 0.0351. The number of nitrogens with zero attached hydrogens (tertiary/aromatic N) is 4. The monoisotopic (exact) mass is 748 g/mol. The topological polar surface area (TPSA) is 214 Å². The zero-order valence-corrected chi connectivity index (χ0v) is 29.8. The van der Waals surface area contributed by atoms with Gasteiger partial charge < -0.3 is 47.0 Å². The Morgan fingerprint density at radius 3 is 2.57 bits per heavy atom. The van der Waals surface area contributed by atoms with E-state index in [1.165, 1.54) is 6.21 Å². The third-order valence-corrected chi connectivity index (χ3v) is 10.6. The number of benzene rings is 2. The highest BCUT2D eigenvalue weighted by atomic mass is 35.5. The number of rotatable bonds is 16. The number of dihydropyridines is 1. The lowest BCUT2D eigenvalue weighted by molar-refractivity contribution is -0.144. The largest absolute Gasteiger partial charge is 0.490 e. The van der Waals surface area contributed by atoms with Gasteiger partial charge in [-0.05, 0) is 53.6 Å². The minimum Gasteiger partial charge on any atom is -0.490 e. The highest BCUT2D eigenvalue weighted by Crippen LogP contribution is 2.40. The summed E-state index contributed by atoms with van der Waals surface area (Å²) in [7, 11) is 0. The minimum absolute atomic E-state index is 0.0596. The Morgan fingerprint density at radius 2 is 1.90 bits per heavy atom. The number of hydrogen-bond acceptors (Lipinski definition) is 14. The van der Waals surface area contributed by atoms with Gasteiger partial charge in [-0.1, -0.05) is 41.1 Å². The number of thioether (sulfide) groups is 2. The van der Waals surface area contributed by atoms with Crippen molar-refractivity contribution in [2.24, 2.45) is 16.2 Å². The van der Waals surface area contributed by atoms with Crippen molar-refractivity contribution < 1.29 is 19.1 Å². The van der Waals surface area contributed by atoms with E-state index >= 15 is 0 Å². The highest BCUT2D eigenvalue weighted by molar-refractivity contribution is 8.03. The summed E-state index contributed by atoms with van der Waals surface area (Å²) in [5, 5.41) is 44.6. The molecule has 2 aromatic rings. The summed E-state index contributed by atoms with van der Waals surface area (Å²) in [6.45, 7) is 1.27. The first-order valence-corrected chi connectivity index (χ1v) is 18.4. The first-order valence-electron chi connectivity index (χ1n) is 16.0.